The molecular weight excluding hydrogens is 426 g/mol. The molecule has 3 rings (SSSR count). The van der Waals surface area contributed by atoms with E-state index in [2.05, 4.69) is 20.2 Å². The number of rotatable bonds is 9. The molecule has 1 aromatic heterocycles. The summed E-state index contributed by atoms with van der Waals surface area (Å²) in [6.07, 6.45) is 7.72. The average molecular weight is 460 g/mol. The van der Waals surface area contributed by atoms with Gasteiger partial charge in [-0.1, -0.05) is 11.6 Å². The van der Waals surface area contributed by atoms with Crippen molar-refractivity contribution in [1.29, 1.82) is 0 Å². The maximum absolute atomic E-state index is 12.5. The number of hydrogen-bond acceptors (Lipinski definition) is 6. The Labute approximate surface area is 195 Å². The molecular formula is C24H34ClN5O2. The number of aromatic nitrogens is 2. The van der Waals surface area contributed by atoms with E-state index in [0.29, 0.717) is 29.7 Å². The zero-order chi connectivity index (χ0) is 23.1. The summed E-state index contributed by atoms with van der Waals surface area (Å²) in [5, 5.41) is 3.49. The van der Waals surface area contributed by atoms with E-state index < -0.39 is 0 Å². The number of carbonyl (C=O) groups is 1. The van der Waals surface area contributed by atoms with Gasteiger partial charge in [0, 0.05) is 31.2 Å². The van der Waals surface area contributed by atoms with E-state index in [1.807, 2.05) is 32.9 Å². The molecule has 1 aliphatic heterocycles. The number of benzene rings is 1. The van der Waals surface area contributed by atoms with Crippen LogP contribution in [0, 0.1) is 19.8 Å². The SMILES string of the molecule is Cc1cc(OCCCC2CCN(c3ncc(Cl)cn3)CC2)cc(C)c1C(=O)NC(C)CN. The topological polar surface area (TPSA) is 93.4 Å². The normalized spacial score (nSPS) is 15.5. The zero-order valence-corrected chi connectivity index (χ0v) is 20.0. The van der Waals surface area contributed by atoms with Crippen molar-refractivity contribution >= 4 is 23.5 Å². The lowest BCUT2D eigenvalue weighted by molar-refractivity contribution is 0.0940. The number of hydrogen-bond donors (Lipinski definition) is 2. The highest BCUT2D eigenvalue weighted by atomic mass is 35.5. The van der Waals surface area contributed by atoms with Crippen LogP contribution in [0.1, 0.15) is 54.1 Å². The number of carbonyl (C=O) groups excluding carboxylic acids is 1. The summed E-state index contributed by atoms with van der Waals surface area (Å²) in [7, 11) is 0. The van der Waals surface area contributed by atoms with Crippen molar-refractivity contribution in [1.82, 2.24) is 15.3 Å². The lowest BCUT2D eigenvalue weighted by Gasteiger charge is -2.32. The van der Waals surface area contributed by atoms with Gasteiger partial charge in [0.2, 0.25) is 5.95 Å². The van der Waals surface area contributed by atoms with Gasteiger partial charge in [0.25, 0.3) is 5.91 Å². The molecule has 0 bridgehead atoms. The molecule has 1 unspecified atom stereocenters. The van der Waals surface area contributed by atoms with E-state index in [4.69, 9.17) is 22.1 Å². The third kappa shape index (κ3) is 6.56. The van der Waals surface area contributed by atoms with Gasteiger partial charge in [-0.2, -0.15) is 0 Å². The van der Waals surface area contributed by atoms with Gasteiger partial charge in [-0.3, -0.25) is 4.79 Å². The van der Waals surface area contributed by atoms with Gasteiger partial charge in [-0.15, -0.1) is 0 Å². The number of nitrogens with two attached hydrogens (primary N) is 1. The Bertz CT molecular complexity index is 875. The first-order valence-corrected chi connectivity index (χ1v) is 11.7. The number of amides is 1. The van der Waals surface area contributed by atoms with E-state index in [9.17, 15) is 4.79 Å². The molecule has 8 heteroatoms. The Kier molecular flexibility index (Phi) is 8.70. The molecule has 1 amide bonds. The van der Waals surface area contributed by atoms with Crippen LogP contribution in [0.5, 0.6) is 5.75 Å². The second kappa shape index (κ2) is 11.5. The van der Waals surface area contributed by atoms with Crippen molar-refractivity contribution in [3.8, 4) is 5.75 Å². The quantitative estimate of drug-likeness (QED) is 0.552. The van der Waals surface area contributed by atoms with Crippen LogP contribution >= 0.6 is 11.6 Å². The largest absolute Gasteiger partial charge is 0.494 e. The van der Waals surface area contributed by atoms with E-state index in [1.54, 1.807) is 12.4 Å². The summed E-state index contributed by atoms with van der Waals surface area (Å²) in [4.78, 5) is 23.4. The Morgan fingerprint density at radius 3 is 2.47 bits per heavy atom. The Morgan fingerprint density at radius 1 is 1.25 bits per heavy atom. The lowest BCUT2D eigenvalue weighted by Crippen LogP contribution is -2.38. The number of ether oxygens (including phenoxy) is 1. The fourth-order valence-corrected chi connectivity index (χ4v) is 4.27. The van der Waals surface area contributed by atoms with Crippen molar-refractivity contribution in [3.63, 3.8) is 0 Å². The summed E-state index contributed by atoms with van der Waals surface area (Å²) >= 11 is 5.87. The van der Waals surface area contributed by atoms with Gasteiger partial charge >= 0.3 is 0 Å². The van der Waals surface area contributed by atoms with Crippen LogP contribution in [0.2, 0.25) is 5.02 Å². The third-order valence-corrected chi connectivity index (χ3v) is 6.19. The minimum atomic E-state index is -0.0835. The summed E-state index contributed by atoms with van der Waals surface area (Å²) in [6, 6.07) is 3.84. The number of nitrogens with one attached hydrogen (secondary N) is 1. The number of halogens is 1. The Morgan fingerprint density at radius 2 is 1.88 bits per heavy atom. The molecule has 1 aliphatic rings. The van der Waals surface area contributed by atoms with Gasteiger partial charge in [0.1, 0.15) is 5.75 Å². The first kappa shape index (κ1) is 24.3. The molecule has 0 aliphatic carbocycles. The highest BCUT2D eigenvalue weighted by Gasteiger charge is 2.21. The standard InChI is InChI=1S/C24H34ClN5O2/c1-16-11-21(12-17(2)22(16)23(31)29-18(3)13-26)32-10-4-5-19-6-8-30(9-7-19)24-27-14-20(25)15-28-24/h11-12,14-15,18-19H,4-10,13,26H2,1-3H3,(H,29,31). The van der Waals surface area contributed by atoms with Crippen LogP contribution < -0.4 is 20.7 Å². The molecule has 1 fully saturated rings. The highest BCUT2D eigenvalue weighted by Crippen LogP contribution is 2.26. The van der Waals surface area contributed by atoms with E-state index in [0.717, 1.165) is 61.6 Å². The van der Waals surface area contributed by atoms with E-state index >= 15 is 0 Å². The molecule has 0 radical (unpaired) electrons. The monoisotopic (exact) mass is 459 g/mol. The lowest BCUT2D eigenvalue weighted by atomic mass is 9.92. The van der Waals surface area contributed by atoms with Crippen LogP contribution in [0.25, 0.3) is 0 Å². The molecule has 7 nitrogen and oxygen atoms in total. The van der Waals surface area contributed by atoms with Crippen LogP contribution in [0.15, 0.2) is 24.5 Å². The number of anilines is 1. The van der Waals surface area contributed by atoms with Crippen molar-refractivity contribution in [3.05, 3.63) is 46.2 Å². The summed E-state index contributed by atoms with van der Waals surface area (Å²) in [6.45, 7) is 8.82. The van der Waals surface area contributed by atoms with Gasteiger partial charge in [-0.05, 0) is 75.6 Å². The van der Waals surface area contributed by atoms with E-state index in [-0.39, 0.29) is 11.9 Å². The van der Waals surface area contributed by atoms with Crippen molar-refractivity contribution in [2.75, 3.05) is 31.1 Å². The van der Waals surface area contributed by atoms with Gasteiger partial charge in [-0.25, -0.2) is 9.97 Å². The number of aryl methyl sites for hydroxylation is 2. The molecule has 32 heavy (non-hydrogen) atoms. The number of piperidine rings is 1. The van der Waals surface area contributed by atoms with Crippen molar-refractivity contribution in [2.45, 2.75) is 52.5 Å². The third-order valence-electron chi connectivity index (χ3n) is 5.99. The molecule has 3 N–H and O–H groups in total. The first-order valence-electron chi connectivity index (χ1n) is 11.3. The van der Waals surface area contributed by atoms with Gasteiger partial charge < -0.3 is 20.7 Å². The molecule has 1 aromatic carbocycles. The van der Waals surface area contributed by atoms with Crippen molar-refractivity contribution < 1.29 is 9.53 Å². The molecule has 1 saturated heterocycles. The smallest absolute Gasteiger partial charge is 0.252 e. The van der Waals surface area contributed by atoms with Crippen LogP contribution in [0.3, 0.4) is 0 Å². The van der Waals surface area contributed by atoms with Crippen molar-refractivity contribution in [2.24, 2.45) is 11.7 Å². The number of nitrogens with zero attached hydrogens (tertiary/aromatic N) is 3. The second-order valence-corrected chi connectivity index (χ2v) is 9.10. The molecule has 0 saturated carbocycles. The molecule has 174 valence electrons. The molecule has 1 atom stereocenters. The Balaban J connectivity index is 1.42. The highest BCUT2D eigenvalue weighted by molar-refractivity contribution is 6.30. The van der Waals surface area contributed by atoms with Crippen LogP contribution in [0.4, 0.5) is 5.95 Å². The maximum atomic E-state index is 12.5. The average Bonchev–Trinajstić information content (AvgIpc) is 2.77. The molecule has 0 spiro atoms. The maximum Gasteiger partial charge on any atom is 0.252 e. The first-order chi connectivity index (χ1) is 15.4. The fourth-order valence-electron chi connectivity index (χ4n) is 4.17. The van der Waals surface area contributed by atoms with Crippen LogP contribution in [-0.2, 0) is 0 Å². The molecule has 2 heterocycles. The molecule has 2 aromatic rings. The summed E-state index contributed by atoms with van der Waals surface area (Å²) in [5.41, 5.74) is 8.15. The summed E-state index contributed by atoms with van der Waals surface area (Å²) in [5.74, 6) is 2.19. The Hall–Kier alpha value is -2.38. The second-order valence-electron chi connectivity index (χ2n) is 8.66. The van der Waals surface area contributed by atoms with Gasteiger partial charge in [0.05, 0.1) is 24.0 Å². The van der Waals surface area contributed by atoms with Gasteiger partial charge in [0.15, 0.2) is 0 Å². The fraction of sp³-hybridized carbons (Fsp3) is 0.542. The van der Waals surface area contributed by atoms with Crippen LogP contribution in [-0.4, -0.2) is 48.2 Å². The zero-order valence-electron chi connectivity index (χ0n) is 19.2. The van der Waals surface area contributed by atoms with E-state index in [1.165, 1.54) is 0 Å². The predicted molar refractivity (Wildman–Crippen MR) is 129 cm³/mol. The minimum absolute atomic E-state index is 0.0530. The minimum Gasteiger partial charge on any atom is -0.494 e. The summed E-state index contributed by atoms with van der Waals surface area (Å²) < 4.78 is 6.00. The predicted octanol–water partition coefficient (Wildman–Crippen LogP) is 3.90.